The predicted molar refractivity (Wildman–Crippen MR) is 90.8 cm³/mol. The molecule has 0 atom stereocenters. The maximum Gasteiger partial charge on any atom is 0.257 e. The van der Waals surface area contributed by atoms with Crippen molar-refractivity contribution in [2.24, 2.45) is 0 Å². The Kier molecular flexibility index (Phi) is 7.67. The second-order valence-electron chi connectivity index (χ2n) is 5.18. The number of hydrogen-bond acceptors (Lipinski definition) is 4. The summed E-state index contributed by atoms with van der Waals surface area (Å²) in [6.45, 7) is 7.14. The predicted octanol–water partition coefficient (Wildman–Crippen LogP) is 2.69. The summed E-state index contributed by atoms with van der Waals surface area (Å²) in [7, 11) is 4.03. The standard InChI is InChI=1S/C15H25BrN4O/c1-5-7-20(9-8-19(3)4)15(21)13-10-12(16)11-18-14(13)17-6-2/h10-11H,5-9H2,1-4H3,(H,17,18). The normalized spacial score (nSPS) is 10.8. The van der Waals surface area contributed by atoms with Gasteiger partial charge in [0.15, 0.2) is 0 Å². The molecule has 1 rings (SSSR count). The lowest BCUT2D eigenvalue weighted by Gasteiger charge is -2.25. The molecular formula is C15H25BrN4O. The molecule has 1 aromatic rings. The quantitative estimate of drug-likeness (QED) is 0.777. The summed E-state index contributed by atoms with van der Waals surface area (Å²) in [6, 6.07) is 1.84. The maximum absolute atomic E-state index is 12.8. The Hall–Kier alpha value is -1.14. The summed E-state index contributed by atoms with van der Waals surface area (Å²) in [5.74, 6) is 0.681. The molecule has 0 bridgehead atoms. The zero-order valence-corrected chi connectivity index (χ0v) is 14.9. The molecule has 21 heavy (non-hydrogen) atoms. The van der Waals surface area contributed by atoms with Crippen LogP contribution < -0.4 is 5.32 Å². The van der Waals surface area contributed by atoms with Crippen LogP contribution in [0.4, 0.5) is 5.82 Å². The van der Waals surface area contributed by atoms with Crippen molar-refractivity contribution in [1.82, 2.24) is 14.8 Å². The average molecular weight is 357 g/mol. The van der Waals surface area contributed by atoms with Crippen molar-refractivity contribution in [2.75, 3.05) is 45.6 Å². The molecule has 0 aliphatic carbocycles. The molecule has 1 amide bonds. The molecule has 0 saturated carbocycles. The third-order valence-corrected chi connectivity index (χ3v) is 3.46. The Morgan fingerprint density at radius 3 is 2.57 bits per heavy atom. The van der Waals surface area contributed by atoms with Gasteiger partial charge in [-0.1, -0.05) is 6.92 Å². The number of likely N-dealkylation sites (N-methyl/N-ethyl adjacent to an activating group) is 1. The van der Waals surface area contributed by atoms with E-state index < -0.39 is 0 Å². The van der Waals surface area contributed by atoms with E-state index >= 15 is 0 Å². The molecule has 5 nitrogen and oxygen atoms in total. The summed E-state index contributed by atoms with van der Waals surface area (Å²) in [4.78, 5) is 21.1. The highest BCUT2D eigenvalue weighted by atomic mass is 79.9. The Balaban J connectivity index is 2.98. The molecule has 0 aromatic carbocycles. The molecule has 1 N–H and O–H groups in total. The molecule has 0 saturated heterocycles. The highest BCUT2D eigenvalue weighted by Gasteiger charge is 2.19. The monoisotopic (exact) mass is 356 g/mol. The van der Waals surface area contributed by atoms with Gasteiger partial charge in [-0.25, -0.2) is 4.98 Å². The Labute approximate surface area is 135 Å². The number of carbonyl (C=O) groups excluding carboxylic acids is 1. The zero-order chi connectivity index (χ0) is 15.8. The van der Waals surface area contributed by atoms with Gasteiger partial charge in [-0.15, -0.1) is 0 Å². The van der Waals surface area contributed by atoms with E-state index in [1.165, 1.54) is 0 Å². The number of anilines is 1. The van der Waals surface area contributed by atoms with Crippen LogP contribution in [0, 0.1) is 0 Å². The van der Waals surface area contributed by atoms with Crippen molar-refractivity contribution in [3.05, 3.63) is 22.3 Å². The number of aromatic nitrogens is 1. The highest BCUT2D eigenvalue weighted by molar-refractivity contribution is 9.10. The lowest BCUT2D eigenvalue weighted by Crippen LogP contribution is -2.37. The van der Waals surface area contributed by atoms with Crippen LogP contribution >= 0.6 is 15.9 Å². The zero-order valence-electron chi connectivity index (χ0n) is 13.3. The minimum absolute atomic E-state index is 0.0310. The van der Waals surface area contributed by atoms with Crippen LogP contribution in [-0.4, -0.2) is 61.0 Å². The first-order valence-corrected chi connectivity index (χ1v) is 8.12. The first-order valence-electron chi connectivity index (χ1n) is 7.33. The fourth-order valence-electron chi connectivity index (χ4n) is 1.99. The number of carbonyl (C=O) groups is 1. The molecule has 0 aliphatic rings. The SMILES string of the molecule is CCCN(CCN(C)C)C(=O)c1cc(Br)cnc1NCC. The summed E-state index contributed by atoms with van der Waals surface area (Å²) < 4.78 is 0.816. The van der Waals surface area contributed by atoms with Crippen LogP contribution in [0.2, 0.25) is 0 Å². The van der Waals surface area contributed by atoms with E-state index in [1.54, 1.807) is 6.20 Å². The Bertz CT molecular complexity index is 465. The third kappa shape index (κ3) is 5.63. The van der Waals surface area contributed by atoms with Gasteiger partial charge < -0.3 is 15.1 Å². The van der Waals surface area contributed by atoms with Crippen LogP contribution in [-0.2, 0) is 0 Å². The van der Waals surface area contributed by atoms with E-state index in [2.05, 4.69) is 38.1 Å². The molecule has 1 heterocycles. The molecule has 0 radical (unpaired) electrons. The molecule has 0 unspecified atom stereocenters. The van der Waals surface area contributed by atoms with E-state index in [9.17, 15) is 4.79 Å². The summed E-state index contributed by atoms with van der Waals surface area (Å²) in [6.07, 6.45) is 2.65. The molecular weight excluding hydrogens is 332 g/mol. The lowest BCUT2D eigenvalue weighted by molar-refractivity contribution is 0.0745. The van der Waals surface area contributed by atoms with Gasteiger partial charge >= 0.3 is 0 Å². The molecule has 1 aromatic heterocycles. The van der Waals surface area contributed by atoms with Gasteiger partial charge in [-0.05, 0) is 49.4 Å². The number of nitrogens with one attached hydrogen (secondary N) is 1. The largest absolute Gasteiger partial charge is 0.370 e. The van der Waals surface area contributed by atoms with Gasteiger partial charge in [0.2, 0.25) is 0 Å². The number of pyridine rings is 1. The lowest BCUT2D eigenvalue weighted by atomic mass is 10.2. The van der Waals surface area contributed by atoms with Crippen LogP contribution in [0.3, 0.4) is 0 Å². The highest BCUT2D eigenvalue weighted by Crippen LogP contribution is 2.20. The first kappa shape index (κ1) is 17.9. The summed E-state index contributed by atoms with van der Waals surface area (Å²) in [5, 5.41) is 3.16. The van der Waals surface area contributed by atoms with Gasteiger partial charge in [-0.3, -0.25) is 4.79 Å². The van der Waals surface area contributed by atoms with Crippen molar-refractivity contribution in [2.45, 2.75) is 20.3 Å². The minimum atomic E-state index is 0.0310. The van der Waals surface area contributed by atoms with Crippen LogP contribution in [0.25, 0.3) is 0 Å². The van der Waals surface area contributed by atoms with Gasteiger partial charge in [0.1, 0.15) is 5.82 Å². The average Bonchev–Trinajstić information content (AvgIpc) is 2.44. The first-order chi connectivity index (χ1) is 9.99. The fourth-order valence-corrected chi connectivity index (χ4v) is 2.32. The van der Waals surface area contributed by atoms with Gasteiger partial charge in [0.05, 0.1) is 5.56 Å². The number of amides is 1. The number of hydrogen-bond donors (Lipinski definition) is 1. The van der Waals surface area contributed by atoms with Crippen molar-refractivity contribution < 1.29 is 4.79 Å². The van der Waals surface area contributed by atoms with Gasteiger partial charge in [-0.2, -0.15) is 0 Å². The number of halogens is 1. The van der Waals surface area contributed by atoms with E-state index in [0.717, 1.165) is 37.1 Å². The Morgan fingerprint density at radius 1 is 1.29 bits per heavy atom. The van der Waals surface area contributed by atoms with Crippen molar-refractivity contribution in [1.29, 1.82) is 0 Å². The van der Waals surface area contributed by atoms with Crippen molar-refractivity contribution in [3.63, 3.8) is 0 Å². The molecule has 0 spiro atoms. The molecule has 0 fully saturated rings. The maximum atomic E-state index is 12.8. The van der Waals surface area contributed by atoms with E-state index in [1.807, 2.05) is 32.0 Å². The van der Waals surface area contributed by atoms with E-state index in [0.29, 0.717) is 11.4 Å². The molecule has 0 aliphatic heterocycles. The Morgan fingerprint density at radius 2 is 2.00 bits per heavy atom. The van der Waals surface area contributed by atoms with Crippen molar-refractivity contribution >= 4 is 27.7 Å². The smallest absolute Gasteiger partial charge is 0.257 e. The second kappa shape index (κ2) is 9.00. The van der Waals surface area contributed by atoms with E-state index in [-0.39, 0.29) is 5.91 Å². The third-order valence-electron chi connectivity index (χ3n) is 3.03. The summed E-state index contributed by atoms with van der Waals surface area (Å²) in [5.41, 5.74) is 0.624. The van der Waals surface area contributed by atoms with E-state index in [4.69, 9.17) is 0 Å². The molecule has 6 heteroatoms. The van der Waals surface area contributed by atoms with Gasteiger partial charge in [0, 0.05) is 36.8 Å². The second-order valence-corrected chi connectivity index (χ2v) is 6.09. The number of nitrogens with zero attached hydrogens (tertiary/aromatic N) is 3. The fraction of sp³-hybridized carbons (Fsp3) is 0.600. The molecule has 118 valence electrons. The minimum Gasteiger partial charge on any atom is -0.370 e. The van der Waals surface area contributed by atoms with Crippen molar-refractivity contribution in [3.8, 4) is 0 Å². The van der Waals surface area contributed by atoms with Crippen LogP contribution in [0.15, 0.2) is 16.7 Å². The van der Waals surface area contributed by atoms with Gasteiger partial charge in [0.25, 0.3) is 5.91 Å². The summed E-state index contributed by atoms with van der Waals surface area (Å²) >= 11 is 3.40. The number of rotatable bonds is 8. The topological polar surface area (TPSA) is 48.5 Å². The van der Waals surface area contributed by atoms with Crippen LogP contribution in [0.5, 0.6) is 0 Å². The van der Waals surface area contributed by atoms with Crippen LogP contribution in [0.1, 0.15) is 30.6 Å².